The van der Waals surface area contributed by atoms with Gasteiger partial charge in [0.05, 0.1) is 19.7 Å². The van der Waals surface area contributed by atoms with Gasteiger partial charge in [0.1, 0.15) is 5.82 Å². The number of aromatic amines is 1. The van der Waals surface area contributed by atoms with Gasteiger partial charge in [-0.1, -0.05) is 0 Å². The number of carbonyl (C=O) groups is 2. The van der Waals surface area contributed by atoms with Crippen molar-refractivity contribution in [1.29, 1.82) is 0 Å². The molecule has 144 valence electrons. The lowest BCUT2D eigenvalue weighted by molar-refractivity contribution is -0.125. The number of H-pyrrole nitrogens is 1. The Morgan fingerprint density at radius 2 is 2.22 bits per heavy atom. The Kier molecular flexibility index (Phi) is 6.02. The predicted octanol–water partition coefficient (Wildman–Crippen LogP) is 0.322. The zero-order chi connectivity index (χ0) is 19.2. The number of carbonyl (C=O) groups excluding carboxylic acids is 2. The van der Waals surface area contributed by atoms with Crippen LogP contribution in [0.25, 0.3) is 0 Å². The summed E-state index contributed by atoms with van der Waals surface area (Å²) in [5.74, 6) is 0.922. The first-order valence-corrected chi connectivity index (χ1v) is 8.91. The van der Waals surface area contributed by atoms with Crippen molar-refractivity contribution in [2.45, 2.75) is 32.0 Å². The first-order valence-electron chi connectivity index (χ1n) is 8.91. The largest absolute Gasteiger partial charge is 0.481 e. The Bertz CT molecular complexity index is 779. The molecule has 0 radical (unpaired) electrons. The van der Waals surface area contributed by atoms with Crippen LogP contribution in [0.2, 0.25) is 0 Å². The molecule has 2 amide bonds. The second kappa shape index (κ2) is 8.63. The monoisotopic (exact) mass is 372 g/mol. The fourth-order valence-electron chi connectivity index (χ4n) is 3.26. The Morgan fingerprint density at radius 3 is 2.93 bits per heavy atom. The average Bonchev–Trinajstić information content (AvgIpc) is 3.32. The molecule has 0 saturated carbocycles. The van der Waals surface area contributed by atoms with Crippen molar-refractivity contribution in [1.82, 2.24) is 30.5 Å². The number of rotatable bonds is 7. The number of hydrogen-bond donors (Lipinski definition) is 3. The van der Waals surface area contributed by atoms with E-state index in [1.54, 1.807) is 24.5 Å². The van der Waals surface area contributed by atoms with Crippen molar-refractivity contribution >= 4 is 11.8 Å². The molecular weight excluding hydrogens is 348 g/mol. The van der Waals surface area contributed by atoms with Crippen molar-refractivity contribution < 1.29 is 14.3 Å². The van der Waals surface area contributed by atoms with Gasteiger partial charge < -0.3 is 20.4 Å². The number of pyridine rings is 1. The number of methoxy groups -OCH3 is 1. The van der Waals surface area contributed by atoms with Gasteiger partial charge in [0.2, 0.25) is 11.8 Å². The molecule has 0 bridgehead atoms. The zero-order valence-corrected chi connectivity index (χ0v) is 15.4. The van der Waals surface area contributed by atoms with Crippen molar-refractivity contribution in [3.63, 3.8) is 0 Å². The number of amides is 2. The van der Waals surface area contributed by atoms with E-state index in [1.165, 1.54) is 13.3 Å². The van der Waals surface area contributed by atoms with Gasteiger partial charge in [-0.2, -0.15) is 0 Å². The fraction of sp³-hybridized carbons (Fsp3) is 0.444. The summed E-state index contributed by atoms with van der Waals surface area (Å²) in [5, 5.41) is 5.88. The second-order valence-electron chi connectivity index (χ2n) is 6.37. The van der Waals surface area contributed by atoms with Crippen LogP contribution >= 0.6 is 0 Å². The van der Waals surface area contributed by atoms with Crippen LogP contribution in [0, 0.1) is 0 Å². The molecule has 3 heterocycles. The highest BCUT2D eigenvalue weighted by Gasteiger charge is 2.37. The molecule has 2 atom stereocenters. The van der Waals surface area contributed by atoms with Gasteiger partial charge in [-0.25, -0.2) is 9.97 Å². The summed E-state index contributed by atoms with van der Waals surface area (Å²) in [4.78, 5) is 38.3. The molecule has 27 heavy (non-hydrogen) atoms. The standard InChI is InChI=1S/C18H24N6O3/c1-3-19-18(26)14-9-13(10-24(14)11-15-20-6-7-21-15)23-17(25)12-4-5-22-16(8-12)27-2/h4-8,13-14H,3,9-11H2,1-2H3,(H,19,26)(H,20,21)(H,23,25)/t13-,14-/m0/s1. The van der Waals surface area contributed by atoms with Crippen LogP contribution in [0.3, 0.4) is 0 Å². The van der Waals surface area contributed by atoms with Crippen LogP contribution in [-0.4, -0.2) is 63.9 Å². The molecule has 0 aromatic carbocycles. The molecule has 9 heteroatoms. The van der Waals surface area contributed by atoms with Crippen molar-refractivity contribution in [2.75, 3.05) is 20.2 Å². The molecule has 9 nitrogen and oxygen atoms in total. The van der Waals surface area contributed by atoms with Crippen molar-refractivity contribution in [2.24, 2.45) is 0 Å². The lowest BCUT2D eigenvalue weighted by Gasteiger charge is -2.22. The summed E-state index contributed by atoms with van der Waals surface area (Å²) in [7, 11) is 1.50. The zero-order valence-electron chi connectivity index (χ0n) is 15.4. The first-order chi connectivity index (χ1) is 13.1. The maximum atomic E-state index is 12.6. The third-order valence-electron chi connectivity index (χ3n) is 4.51. The Morgan fingerprint density at radius 1 is 1.37 bits per heavy atom. The van der Waals surface area contributed by atoms with E-state index in [-0.39, 0.29) is 23.9 Å². The van der Waals surface area contributed by atoms with Crippen LogP contribution in [0.15, 0.2) is 30.7 Å². The molecule has 3 N–H and O–H groups in total. The third-order valence-corrected chi connectivity index (χ3v) is 4.51. The van der Waals surface area contributed by atoms with Crippen molar-refractivity contribution in [3.8, 4) is 5.88 Å². The number of nitrogens with zero attached hydrogens (tertiary/aromatic N) is 3. The fourth-order valence-corrected chi connectivity index (χ4v) is 3.26. The summed E-state index contributed by atoms with van der Waals surface area (Å²) >= 11 is 0. The van der Waals surface area contributed by atoms with Gasteiger partial charge >= 0.3 is 0 Å². The summed E-state index contributed by atoms with van der Waals surface area (Å²) in [5.41, 5.74) is 0.473. The lowest BCUT2D eigenvalue weighted by Crippen LogP contribution is -2.42. The van der Waals surface area contributed by atoms with Crippen LogP contribution in [0.1, 0.15) is 29.5 Å². The second-order valence-corrected chi connectivity index (χ2v) is 6.37. The van der Waals surface area contributed by atoms with Gasteiger partial charge in [-0.05, 0) is 19.4 Å². The maximum absolute atomic E-state index is 12.6. The number of hydrogen-bond acceptors (Lipinski definition) is 6. The smallest absolute Gasteiger partial charge is 0.251 e. The highest BCUT2D eigenvalue weighted by Crippen LogP contribution is 2.21. The van der Waals surface area contributed by atoms with Gasteiger partial charge in [0.15, 0.2) is 0 Å². The normalized spacial score (nSPS) is 19.6. The van der Waals surface area contributed by atoms with E-state index in [4.69, 9.17) is 4.74 Å². The number of nitrogens with one attached hydrogen (secondary N) is 3. The minimum Gasteiger partial charge on any atom is -0.481 e. The highest BCUT2D eigenvalue weighted by molar-refractivity contribution is 5.94. The van der Waals surface area contributed by atoms with Crippen LogP contribution in [0.4, 0.5) is 0 Å². The van der Waals surface area contributed by atoms with E-state index in [0.29, 0.717) is 37.5 Å². The van der Waals surface area contributed by atoms with Gasteiger partial charge in [-0.3, -0.25) is 14.5 Å². The number of imidazole rings is 1. The topological polar surface area (TPSA) is 112 Å². The van der Waals surface area contributed by atoms with E-state index in [0.717, 1.165) is 5.82 Å². The third kappa shape index (κ3) is 4.62. The molecule has 1 aliphatic rings. The van der Waals surface area contributed by atoms with E-state index in [9.17, 15) is 9.59 Å². The van der Waals surface area contributed by atoms with Crippen molar-refractivity contribution in [3.05, 3.63) is 42.1 Å². The number of aromatic nitrogens is 3. The number of likely N-dealkylation sites (tertiary alicyclic amines) is 1. The number of likely N-dealkylation sites (N-methyl/N-ethyl adjacent to an activating group) is 1. The summed E-state index contributed by atoms with van der Waals surface area (Å²) in [6, 6.07) is 2.77. The molecule has 0 unspecified atom stereocenters. The Labute approximate surface area is 157 Å². The maximum Gasteiger partial charge on any atom is 0.251 e. The molecule has 1 fully saturated rings. The number of ether oxygens (including phenoxy) is 1. The molecule has 1 aliphatic heterocycles. The van der Waals surface area contributed by atoms with Crippen LogP contribution in [0.5, 0.6) is 5.88 Å². The summed E-state index contributed by atoms with van der Waals surface area (Å²) in [6.07, 6.45) is 5.51. The van der Waals surface area contributed by atoms with E-state index in [1.807, 2.05) is 11.8 Å². The first kappa shape index (κ1) is 18.8. The highest BCUT2D eigenvalue weighted by atomic mass is 16.5. The van der Waals surface area contributed by atoms with Gasteiger partial charge in [-0.15, -0.1) is 0 Å². The molecule has 0 aliphatic carbocycles. The quantitative estimate of drug-likeness (QED) is 0.645. The minimum atomic E-state index is -0.313. The molecular formula is C18H24N6O3. The molecule has 3 rings (SSSR count). The minimum absolute atomic E-state index is 0.0358. The predicted molar refractivity (Wildman–Crippen MR) is 98.1 cm³/mol. The van der Waals surface area contributed by atoms with E-state index >= 15 is 0 Å². The molecule has 0 spiro atoms. The average molecular weight is 372 g/mol. The Hall–Kier alpha value is -2.94. The van der Waals surface area contributed by atoms with Gasteiger partial charge in [0, 0.05) is 49.4 Å². The molecule has 1 saturated heterocycles. The lowest BCUT2D eigenvalue weighted by atomic mass is 10.1. The Balaban J connectivity index is 1.68. The van der Waals surface area contributed by atoms with Crippen LogP contribution in [-0.2, 0) is 11.3 Å². The summed E-state index contributed by atoms with van der Waals surface area (Å²) in [6.45, 7) is 3.54. The van der Waals surface area contributed by atoms with Crippen LogP contribution < -0.4 is 15.4 Å². The summed E-state index contributed by atoms with van der Waals surface area (Å²) < 4.78 is 5.06. The van der Waals surface area contributed by atoms with E-state index in [2.05, 4.69) is 25.6 Å². The SMILES string of the molecule is CCNC(=O)[C@@H]1C[C@H](NC(=O)c2ccnc(OC)c2)CN1Cc1ncc[nH]1. The van der Waals surface area contributed by atoms with E-state index < -0.39 is 0 Å². The molecule has 2 aromatic heterocycles. The molecule has 2 aromatic rings. The van der Waals surface area contributed by atoms with Gasteiger partial charge in [0.25, 0.3) is 5.91 Å².